The summed E-state index contributed by atoms with van der Waals surface area (Å²) in [5.41, 5.74) is 0.982. The van der Waals surface area contributed by atoms with Crippen molar-refractivity contribution >= 4 is 17.5 Å². The lowest BCUT2D eigenvalue weighted by atomic mass is 10.2. The lowest BCUT2D eigenvalue weighted by Crippen LogP contribution is -2.25. The monoisotopic (exact) mass is 482 g/mol. The van der Waals surface area contributed by atoms with Gasteiger partial charge in [-0.05, 0) is 29.3 Å². The molecule has 3 heterocycles. The highest BCUT2D eigenvalue weighted by molar-refractivity contribution is 5.91. The maximum Gasteiger partial charge on any atom is 0.387 e. The Morgan fingerprint density at radius 3 is 2.62 bits per heavy atom. The number of benzene rings is 1. The molecule has 0 bridgehead atoms. The molecule has 34 heavy (non-hydrogen) atoms. The minimum Gasteiger partial charge on any atom is -0.432 e. The fourth-order valence-electron chi connectivity index (χ4n) is 3.44. The van der Waals surface area contributed by atoms with Gasteiger partial charge in [-0.15, -0.1) is 5.10 Å². The molecule has 180 valence electrons. The molecular weight excluding hydrogens is 463 g/mol. The van der Waals surface area contributed by atoms with Crippen LogP contribution >= 0.6 is 0 Å². The fourth-order valence-corrected chi connectivity index (χ4v) is 3.44. The van der Waals surface area contributed by atoms with Crippen LogP contribution in [0, 0.1) is 5.82 Å². The molecular formula is C21H19F5N6O2. The van der Waals surface area contributed by atoms with E-state index in [-0.39, 0.29) is 38.3 Å². The third kappa shape index (κ3) is 5.97. The van der Waals surface area contributed by atoms with Crippen molar-refractivity contribution in [2.45, 2.75) is 31.9 Å². The van der Waals surface area contributed by atoms with Crippen molar-refractivity contribution in [2.24, 2.45) is 0 Å². The number of halogens is 5. The van der Waals surface area contributed by atoms with Gasteiger partial charge in [0, 0.05) is 19.2 Å². The number of hydrogen-bond acceptors (Lipinski definition) is 6. The summed E-state index contributed by atoms with van der Waals surface area (Å²) < 4.78 is 69.0. The second kappa shape index (κ2) is 9.61. The summed E-state index contributed by atoms with van der Waals surface area (Å²) in [6.45, 7) is -3.26. The molecule has 8 nitrogen and oxygen atoms in total. The van der Waals surface area contributed by atoms with E-state index in [1.165, 1.54) is 28.2 Å². The number of pyridine rings is 1. The molecule has 1 aromatic carbocycles. The van der Waals surface area contributed by atoms with Crippen LogP contribution in [-0.4, -0.2) is 51.5 Å². The van der Waals surface area contributed by atoms with Crippen LogP contribution in [0.25, 0.3) is 0 Å². The number of nitrogens with zero attached hydrogens (tertiary/aromatic N) is 5. The Labute approximate surface area is 190 Å². The Hall–Kier alpha value is -3.77. The normalized spacial score (nSPS) is 15.1. The number of aromatic nitrogens is 4. The molecule has 13 heteroatoms. The number of carbonyl (C=O) groups is 1. The Bertz CT molecular complexity index is 1150. The Morgan fingerprint density at radius 2 is 1.97 bits per heavy atom. The molecule has 1 saturated heterocycles. The number of alkyl halides is 4. The zero-order valence-corrected chi connectivity index (χ0v) is 17.6. The molecule has 1 amide bonds. The fraction of sp³-hybridized carbons (Fsp3) is 0.333. The van der Waals surface area contributed by atoms with E-state index in [0.717, 1.165) is 12.1 Å². The van der Waals surface area contributed by atoms with Crippen molar-refractivity contribution in [1.82, 2.24) is 20.0 Å². The lowest BCUT2D eigenvalue weighted by molar-refractivity contribution is -0.115. The van der Waals surface area contributed by atoms with Crippen LogP contribution in [-0.2, 0) is 17.8 Å². The zero-order chi connectivity index (χ0) is 24.3. The number of nitrogens with one attached hydrogen (secondary N) is 1. The van der Waals surface area contributed by atoms with Crippen LogP contribution in [0.2, 0.25) is 0 Å². The average Bonchev–Trinajstić information content (AvgIpc) is 3.35. The largest absolute Gasteiger partial charge is 0.432 e. The Morgan fingerprint density at radius 1 is 1.18 bits per heavy atom. The zero-order valence-electron chi connectivity index (χ0n) is 17.6. The van der Waals surface area contributed by atoms with E-state index >= 15 is 0 Å². The highest BCUT2D eigenvalue weighted by Gasteiger charge is 2.38. The molecule has 0 radical (unpaired) electrons. The van der Waals surface area contributed by atoms with Gasteiger partial charge < -0.3 is 15.0 Å². The van der Waals surface area contributed by atoms with Crippen LogP contribution in [0.15, 0.2) is 42.7 Å². The molecule has 1 aliphatic rings. The first-order valence-corrected chi connectivity index (χ1v) is 10.2. The maximum atomic E-state index is 13.8. The number of ether oxygens (including phenoxy) is 1. The van der Waals surface area contributed by atoms with Crippen molar-refractivity contribution in [3.63, 3.8) is 0 Å². The van der Waals surface area contributed by atoms with Gasteiger partial charge in [0.1, 0.15) is 5.82 Å². The summed E-state index contributed by atoms with van der Waals surface area (Å²) in [7, 11) is 0. The topological polar surface area (TPSA) is 85.2 Å². The van der Waals surface area contributed by atoms with Gasteiger partial charge in [0.25, 0.3) is 5.92 Å². The molecule has 3 aromatic rings. The Kier molecular flexibility index (Phi) is 6.61. The summed E-state index contributed by atoms with van der Waals surface area (Å²) in [5.74, 6) is -4.05. The van der Waals surface area contributed by atoms with Gasteiger partial charge in [0.05, 0.1) is 25.7 Å². The van der Waals surface area contributed by atoms with E-state index in [1.54, 1.807) is 12.1 Å². The summed E-state index contributed by atoms with van der Waals surface area (Å²) in [6.07, 6.45) is 2.52. The first kappa shape index (κ1) is 23.4. The average molecular weight is 482 g/mol. The molecule has 0 unspecified atom stereocenters. The highest BCUT2D eigenvalue weighted by atomic mass is 19.3. The summed E-state index contributed by atoms with van der Waals surface area (Å²) >= 11 is 0. The summed E-state index contributed by atoms with van der Waals surface area (Å²) in [6, 6.07) is 6.74. The predicted octanol–water partition coefficient (Wildman–Crippen LogP) is 3.49. The lowest BCUT2D eigenvalue weighted by Gasteiger charge is -2.17. The molecule has 4 rings (SSSR count). The molecule has 1 aliphatic heterocycles. The van der Waals surface area contributed by atoms with E-state index in [4.69, 9.17) is 0 Å². The number of anilines is 2. The van der Waals surface area contributed by atoms with Crippen molar-refractivity contribution in [1.29, 1.82) is 0 Å². The van der Waals surface area contributed by atoms with Crippen LogP contribution in [0.3, 0.4) is 0 Å². The van der Waals surface area contributed by atoms with E-state index in [9.17, 15) is 26.7 Å². The molecule has 0 spiro atoms. The summed E-state index contributed by atoms with van der Waals surface area (Å²) in [4.78, 5) is 19.1. The second-order valence-electron chi connectivity index (χ2n) is 7.68. The second-order valence-corrected chi connectivity index (χ2v) is 7.68. The standard InChI is InChI=1S/C21H19F5N6O2/c22-15-7-14(1-3-16(15)34-20(23)24)11-32-28-10-17(30-32)29-19(33)8-13-2-4-18(27-9-13)31-6-5-21(25,26)12-31/h1-4,7,9-10,20H,5-6,8,11-12H2,(H,29,30,33). The Balaban J connectivity index is 1.30. The van der Waals surface area contributed by atoms with Crippen LogP contribution in [0.1, 0.15) is 17.5 Å². The molecule has 2 aromatic heterocycles. The highest BCUT2D eigenvalue weighted by Crippen LogP contribution is 2.29. The van der Waals surface area contributed by atoms with Gasteiger partial charge >= 0.3 is 6.61 Å². The van der Waals surface area contributed by atoms with Gasteiger partial charge in [-0.3, -0.25) is 4.79 Å². The smallest absolute Gasteiger partial charge is 0.387 e. The van der Waals surface area contributed by atoms with Gasteiger partial charge in [-0.2, -0.15) is 18.7 Å². The minimum absolute atomic E-state index is 0.0207. The first-order valence-electron chi connectivity index (χ1n) is 10.2. The van der Waals surface area contributed by atoms with Gasteiger partial charge in [-0.1, -0.05) is 12.1 Å². The van der Waals surface area contributed by atoms with Crippen molar-refractivity contribution < 1.29 is 31.5 Å². The van der Waals surface area contributed by atoms with Gasteiger partial charge in [0.2, 0.25) is 5.91 Å². The van der Waals surface area contributed by atoms with Crippen molar-refractivity contribution in [3.8, 4) is 5.75 Å². The third-order valence-electron chi connectivity index (χ3n) is 5.01. The van der Waals surface area contributed by atoms with E-state index in [0.29, 0.717) is 16.9 Å². The van der Waals surface area contributed by atoms with E-state index in [1.807, 2.05) is 0 Å². The number of carbonyl (C=O) groups excluding carboxylic acids is 1. The van der Waals surface area contributed by atoms with E-state index in [2.05, 4.69) is 25.2 Å². The number of amides is 1. The maximum absolute atomic E-state index is 13.8. The number of hydrogen-bond donors (Lipinski definition) is 1. The van der Waals surface area contributed by atoms with Crippen molar-refractivity contribution in [3.05, 3.63) is 59.7 Å². The molecule has 0 saturated carbocycles. The molecule has 1 fully saturated rings. The van der Waals surface area contributed by atoms with Gasteiger partial charge in [-0.25, -0.2) is 18.2 Å². The van der Waals surface area contributed by atoms with Crippen LogP contribution in [0.4, 0.5) is 33.6 Å². The molecule has 0 aliphatic carbocycles. The van der Waals surface area contributed by atoms with E-state index < -0.39 is 30.0 Å². The minimum atomic E-state index is -3.13. The molecule has 0 atom stereocenters. The first-order chi connectivity index (χ1) is 16.2. The van der Waals surface area contributed by atoms with Gasteiger partial charge in [0.15, 0.2) is 17.4 Å². The van der Waals surface area contributed by atoms with Crippen LogP contribution in [0.5, 0.6) is 5.75 Å². The predicted molar refractivity (Wildman–Crippen MR) is 111 cm³/mol. The van der Waals surface area contributed by atoms with Crippen LogP contribution < -0.4 is 15.0 Å². The summed E-state index contributed by atoms with van der Waals surface area (Å²) in [5, 5.41) is 10.6. The third-order valence-corrected chi connectivity index (χ3v) is 5.01. The quantitative estimate of drug-likeness (QED) is 0.495. The number of rotatable bonds is 8. The molecule has 1 N–H and O–H groups in total. The SMILES string of the molecule is O=C(Cc1ccc(N2CCC(F)(F)C2)nc1)Nc1cnn(Cc2ccc(OC(F)F)c(F)c2)n1. The van der Waals surface area contributed by atoms with Crippen molar-refractivity contribution in [2.75, 3.05) is 23.3 Å².